The highest BCUT2D eigenvalue weighted by molar-refractivity contribution is 5.62. The molecule has 0 aliphatic carbocycles. The molecule has 0 aromatic heterocycles. The highest BCUT2D eigenvalue weighted by Crippen LogP contribution is 2.22. The van der Waals surface area contributed by atoms with Crippen LogP contribution in [0.3, 0.4) is 0 Å². The summed E-state index contributed by atoms with van der Waals surface area (Å²) in [5.74, 6) is 0.0630. The van der Waals surface area contributed by atoms with E-state index in [2.05, 4.69) is 32.9 Å². The second-order valence-corrected chi connectivity index (χ2v) is 3.93. The molecule has 0 amide bonds. The summed E-state index contributed by atoms with van der Waals surface area (Å²) in [6.07, 6.45) is 1.93. The van der Waals surface area contributed by atoms with Gasteiger partial charge in [0.15, 0.2) is 0 Å². The number of aldehydes is 1. The van der Waals surface area contributed by atoms with Crippen LogP contribution >= 0.6 is 0 Å². The second kappa shape index (κ2) is 4.41. The van der Waals surface area contributed by atoms with Gasteiger partial charge in [-0.3, -0.25) is 0 Å². The lowest BCUT2D eigenvalue weighted by atomic mass is 9.92. The van der Waals surface area contributed by atoms with E-state index in [-0.39, 0.29) is 5.92 Å². The normalized spacial score (nSPS) is 12.6. The molecule has 0 heterocycles. The third-order valence-electron chi connectivity index (χ3n) is 2.98. The van der Waals surface area contributed by atoms with Crippen molar-refractivity contribution in [2.24, 2.45) is 0 Å². The molecule has 14 heavy (non-hydrogen) atoms. The number of carbonyl (C=O) groups is 1. The number of rotatable bonds is 3. The van der Waals surface area contributed by atoms with Gasteiger partial charge < -0.3 is 4.79 Å². The van der Waals surface area contributed by atoms with Crippen LogP contribution < -0.4 is 0 Å². The minimum absolute atomic E-state index is 0.0630. The first-order valence-electron chi connectivity index (χ1n) is 5.13. The van der Waals surface area contributed by atoms with Crippen molar-refractivity contribution in [2.45, 2.75) is 40.0 Å². The Kier molecular flexibility index (Phi) is 3.45. The van der Waals surface area contributed by atoms with Crippen LogP contribution in [0.4, 0.5) is 0 Å². The first kappa shape index (κ1) is 11.0. The predicted molar refractivity (Wildman–Crippen MR) is 59.7 cm³/mol. The van der Waals surface area contributed by atoms with Crippen LogP contribution in [0, 0.1) is 20.8 Å². The van der Waals surface area contributed by atoms with Gasteiger partial charge in [0.05, 0.1) is 0 Å². The van der Waals surface area contributed by atoms with Crippen molar-refractivity contribution < 1.29 is 4.79 Å². The Labute approximate surface area is 86.1 Å². The number of hydrogen-bond donors (Lipinski definition) is 0. The number of aryl methyl sites for hydroxylation is 2. The van der Waals surface area contributed by atoms with Gasteiger partial charge >= 0.3 is 0 Å². The van der Waals surface area contributed by atoms with Crippen LogP contribution in [0.2, 0.25) is 0 Å². The monoisotopic (exact) mass is 190 g/mol. The van der Waals surface area contributed by atoms with Crippen LogP contribution in [0.1, 0.15) is 41.5 Å². The van der Waals surface area contributed by atoms with Crippen LogP contribution in [0.5, 0.6) is 0 Å². The molecule has 0 radical (unpaired) electrons. The Bertz CT molecular complexity index is 316. The van der Waals surface area contributed by atoms with Gasteiger partial charge in [-0.05, 0) is 49.4 Å². The first-order chi connectivity index (χ1) is 6.60. The quantitative estimate of drug-likeness (QED) is 0.668. The summed E-state index contributed by atoms with van der Waals surface area (Å²) in [5, 5.41) is 0. The SMILES string of the molecule is CCC(C=O)c1cc(C)c(C)c(C)c1. The van der Waals surface area contributed by atoms with Crippen LogP contribution in [0.15, 0.2) is 12.1 Å². The summed E-state index contributed by atoms with van der Waals surface area (Å²) in [4.78, 5) is 10.8. The molecule has 1 unspecified atom stereocenters. The van der Waals surface area contributed by atoms with Crippen LogP contribution in [0.25, 0.3) is 0 Å². The lowest BCUT2D eigenvalue weighted by molar-refractivity contribution is -0.109. The van der Waals surface area contributed by atoms with Crippen LogP contribution in [-0.2, 0) is 4.79 Å². The van der Waals surface area contributed by atoms with E-state index >= 15 is 0 Å². The summed E-state index contributed by atoms with van der Waals surface area (Å²) >= 11 is 0. The molecule has 0 fully saturated rings. The molecular formula is C13H18O. The molecule has 1 rings (SSSR count). The van der Waals surface area contributed by atoms with Gasteiger partial charge in [0.1, 0.15) is 6.29 Å². The van der Waals surface area contributed by atoms with Gasteiger partial charge in [-0.15, -0.1) is 0 Å². The molecule has 0 aliphatic heterocycles. The van der Waals surface area contributed by atoms with Crippen molar-refractivity contribution in [3.8, 4) is 0 Å². The Morgan fingerprint density at radius 2 is 1.71 bits per heavy atom. The first-order valence-corrected chi connectivity index (χ1v) is 5.13. The molecule has 0 N–H and O–H groups in total. The van der Waals surface area contributed by atoms with E-state index in [1.54, 1.807) is 0 Å². The molecule has 0 aliphatic rings. The topological polar surface area (TPSA) is 17.1 Å². The third kappa shape index (κ3) is 2.03. The maximum atomic E-state index is 10.8. The zero-order valence-electron chi connectivity index (χ0n) is 9.42. The van der Waals surface area contributed by atoms with E-state index in [0.717, 1.165) is 18.3 Å². The fourth-order valence-corrected chi connectivity index (χ4v) is 1.69. The Hall–Kier alpha value is -1.11. The van der Waals surface area contributed by atoms with Gasteiger partial charge in [-0.25, -0.2) is 0 Å². The van der Waals surface area contributed by atoms with Crippen molar-refractivity contribution >= 4 is 6.29 Å². The molecule has 1 heteroatoms. The highest BCUT2D eigenvalue weighted by atomic mass is 16.1. The van der Waals surface area contributed by atoms with Gasteiger partial charge in [0.2, 0.25) is 0 Å². The number of hydrogen-bond acceptors (Lipinski definition) is 1. The summed E-state index contributed by atoms with van der Waals surface area (Å²) in [6.45, 7) is 8.37. The Morgan fingerprint density at radius 3 is 2.07 bits per heavy atom. The van der Waals surface area contributed by atoms with Crippen molar-refractivity contribution in [3.63, 3.8) is 0 Å². The Morgan fingerprint density at radius 1 is 1.21 bits per heavy atom. The smallest absolute Gasteiger partial charge is 0.127 e. The molecule has 1 nitrogen and oxygen atoms in total. The molecule has 0 saturated heterocycles. The summed E-state index contributed by atoms with van der Waals surface area (Å²) in [6, 6.07) is 4.26. The van der Waals surface area contributed by atoms with Gasteiger partial charge in [0, 0.05) is 5.92 Å². The van der Waals surface area contributed by atoms with E-state index in [9.17, 15) is 4.79 Å². The minimum atomic E-state index is 0.0630. The van der Waals surface area contributed by atoms with Gasteiger partial charge in [-0.2, -0.15) is 0 Å². The molecule has 76 valence electrons. The fourth-order valence-electron chi connectivity index (χ4n) is 1.69. The zero-order chi connectivity index (χ0) is 10.7. The van der Waals surface area contributed by atoms with Gasteiger partial charge in [-0.1, -0.05) is 19.1 Å². The summed E-state index contributed by atoms with van der Waals surface area (Å²) in [5.41, 5.74) is 5.04. The maximum Gasteiger partial charge on any atom is 0.127 e. The molecule has 0 bridgehead atoms. The standard InChI is InChI=1S/C13H18O/c1-5-12(8-14)13-6-9(2)11(4)10(3)7-13/h6-8,12H,5H2,1-4H3. The maximum absolute atomic E-state index is 10.8. The summed E-state index contributed by atoms with van der Waals surface area (Å²) < 4.78 is 0. The fraction of sp³-hybridized carbons (Fsp3) is 0.462. The van der Waals surface area contributed by atoms with Crippen molar-refractivity contribution in [1.29, 1.82) is 0 Å². The molecular weight excluding hydrogens is 172 g/mol. The average Bonchev–Trinajstić information content (AvgIpc) is 2.16. The molecule has 0 spiro atoms. The van der Waals surface area contributed by atoms with Crippen molar-refractivity contribution in [3.05, 3.63) is 34.4 Å². The minimum Gasteiger partial charge on any atom is -0.303 e. The van der Waals surface area contributed by atoms with E-state index in [4.69, 9.17) is 0 Å². The lowest BCUT2D eigenvalue weighted by Gasteiger charge is -2.12. The molecule has 1 aromatic rings. The zero-order valence-corrected chi connectivity index (χ0v) is 9.42. The lowest BCUT2D eigenvalue weighted by Crippen LogP contribution is -2.00. The molecule has 1 atom stereocenters. The van der Waals surface area contributed by atoms with E-state index < -0.39 is 0 Å². The Balaban J connectivity index is 3.17. The largest absolute Gasteiger partial charge is 0.303 e. The van der Waals surface area contributed by atoms with E-state index in [1.807, 2.05) is 6.92 Å². The van der Waals surface area contributed by atoms with Gasteiger partial charge in [0.25, 0.3) is 0 Å². The van der Waals surface area contributed by atoms with E-state index in [1.165, 1.54) is 16.7 Å². The third-order valence-corrected chi connectivity index (χ3v) is 2.98. The highest BCUT2D eigenvalue weighted by Gasteiger charge is 2.09. The predicted octanol–water partition coefficient (Wildman–Crippen LogP) is 3.30. The van der Waals surface area contributed by atoms with Crippen molar-refractivity contribution in [1.82, 2.24) is 0 Å². The van der Waals surface area contributed by atoms with E-state index in [0.29, 0.717) is 0 Å². The second-order valence-electron chi connectivity index (χ2n) is 3.93. The molecule has 0 saturated carbocycles. The number of carbonyl (C=O) groups excluding carboxylic acids is 1. The van der Waals surface area contributed by atoms with Crippen LogP contribution in [-0.4, -0.2) is 6.29 Å². The molecule has 1 aromatic carbocycles. The summed E-state index contributed by atoms with van der Waals surface area (Å²) in [7, 11) is 0. The average molecular weight is 190 g/mol. The van der Waals surface area contributed by atoms with Crippen molar-refractivity contribution in [2.75, 3.05) is 0 Å². The number of benzene rings is 1.